The van der Waals surface area contributed by atoms with Crippen LogP contribution in [0.15, 0.2) is 43.0 Å². The zero-order chi connectivity index (χ0) is 28.4. The second-order valence-corrected chi connectivity index (χ2v) is 9.93. The first-order valence-corrected chi connectivity index (χ1v) is 13.5. The van der Waals surface area contributed by atoms with E-state index in [9.17, 15) is 14.0 Å². The number of allylic oxidation sites excluding steroid dienone is 1. The number of nitrogens with zero attached hydrogens (tertiary/aromatic N) is 2. The van der Waals surface area contributed by atoms with Gasteiger partial charge in [-0.15, -0.1) is 0 Å². The molecular formula is C30H40FN5O3. The second kappa shape index (κ2) is 14.3. The van der Waals surface area contributed by atoms with Crippen LogP contribution in [0.1, 0.15) is 87.4 Å². The Morgan fingerprint density at radius 1 is 1.26 bits per heavy atom. The minimum atomic E-state index is -0.647. The molecular weight excluding hydrogens is 497 g/mol. The van der Waals surface area contributed by atoms with Gasteiger partial charge in [0.15, 0.2) is 0 Å². The topological polar surface area (TPSA) is 119 Å². The molecule has 1 aromatic carbocycles. The molecule has 2 aliphatic rings. The van der Waals surface area contributed by atoms with Gasteiger partial charge in [0.05, 0.1) is 17.0 Å². The minimum Gasteiger partial charge on any atom is -0.446 e. The first-order valence-electron chi connectivity index (χ1n) is 13.5. The van der Waals surface area contributed by atoms with Gasteiger partial charge in [-0.25, -0.2) is 14.2 Å². The molecule has 2 heterocycles. The molecule has 9 heteroatoms. The predicted octanol–water partition coefficient (Wildman–Crippen LogP) is 6.93. The molecule has 1 fully saturated rings. The normalized spacial score (nSPS) is 14.5. The predicted molar refractivity (Wildman–Crippen MR) is 154 cm³/mol. The van der Waals surface area contributed by atoms with Crippen molar-refractivity contribution in [3.8, 4) is 0 Å². The lowest BCUT2D eigenvalue weighted by atomic mass is 9.96. The van der Waals surface area contributed by atoms with Crippen LogP contribution in [0.5, 0.6) is 0 Å². The van der Waals surface area contributed by atoms with E-state index >= 15 is 0 Å². The number of rotatable bonds is 8. The van der Waals surface area contributed by atoms with E-state index in [0.717, 1.165) is 48.9 Å². The molecule has 1 aromatic heterocycles. The summed E-state index contributed by atoms with van der Waals surface area (Å²) in [4.78, 5) is 31.1. The summed E-state index contributed by atoms with van der Waals surface area (Å²) in [6.07, 6.45) is 8.77. The lowest BCUT2D eigenvalue weighted by molar-refractivity contribution is 0.0618. The van der Waals surface area contributed by atoms with Crippen LogP contribution in [0, 0.1) is 16.6 Å². The van der Waals surface area contributed by atoms with Gasteiger partial charge in [0.2, 0.25) is 0 Å². The number of ether oxygens (including phenoxy) is 1. The molecule has 2 aromatic rings. The highest BCUT2D eigenvalue weighted by molar-refractivity contribution is 6.06. The molecule has 8 nitrogen and oxygen atoms in total. The third-order valence-electron chi connectivity index (χ3n) is 6.75. The summed E-state index contributed by atoms with van der Waals surface area (Å²) < 4.78 is 20.3. The number of anilines is 1. The van der Waals surface area contributed by atoms with Crippen molar-refractivity contribution in [2.24, 2.45) is 0 Å². The molecule has 1 aliphatic carbocycles. The number of nitrogens with one attached hydrogen (secondary N) is 3. The van der Waals surface area contributed by atoms with Crippen molar-refractivity contribution in [3.05, 3.63) is 71.2 Å². The Kier molecular flexibility index (Phi) is 10.9. The van der Waals surface area contributed by atoms with Crippen LogP contribution in [0.4, 0.5) is 15.0 Å². The number of benzene rings is 1. The minimum absolute atomic E-state index is 0. The number of carbonyl (C=O) groups excluding carboxylic acids is 2. The zero-order valence-electron chi connectivity index (χ0n) is 22.8. The number of pyridine rings is 1. The lowest BCUT2D eigenvalue weighted by Gasteiger charge is -2.29. The Balaban J connectivity index is 0.000000623. The Labute approximate surface area is 231 Å². The molecule has 0 bridgehead atoms. The molecule has 39 heavy (non-hydrogen) atoms. The fraction of sp³-hybridized carbons (Fsp3) is 0.433. The van der Waals surface area contributed by atoms with Gasteiger partial charge in [-0.05, 0) is 93.3 Å². The number of aromatic nitrogens is 1. The number of hydrogen-bond donors (Lipinski definition) is 3. The molecule has 0 spiro atoms. The smallest absolute Gasteiger partial charge is 0.410 e. The summed E-state index contributed by atoms with van der Waals surface area (Å²) in [6.45, 7) is 8.26. The van der Waals surface area contributed by atoms with Crippen molar-refractivity contribution in [1.82, 2.24) is 9.88 Å². The Hall–Kier alpha value is -3.88. The fourth-order valence-electron chi connectivity index (χ4n) is 4.52. The van der Waals surface area contributed by atoms with Crippen molar-refractivity contribution >= 4 is 29.2 Å². The monoisotopic (exact) mass is 537 g/mol. The average molecular weight is 538 g/mol. The summed E-state index contributed by atoms with van der Waals surface area (Å²) in [5.41, 5.74) is 2.65. The highest BCUT2D eigenvalue weighted by atomic mass is 19.1. The van der Waals surface area contributed by atoms with Gasteiger partial charge in [-0.2, -0.15) is 0 Å². The first-order chi connectivity index (χ1) is 18.7. The van der Waals surface area contributed by atoms with Crippen LogP contribution < -0.4 is 5.32 Å². The highest BCUT2D eigenvalue weighted by Crippen LogP contribution is 2.26. The van der Waals surface area contributed by atoms with Crippen molar-refractivity contribution in [3.63, 3.8) is 0 Å². The van der Waals surface area contributed by atoms with Crippen molar-refractivity contribution < 1.29 is 20.1 Å². The maximum atomic E-state index is 14.7. The van der Waals surface area contributed by atoms with Gasteiger partial charge in [-0.1, -0.05) is 26.0 Å². The molecule has 1 aliphatic heterocycles. The molecule has 0 radical (unpaired) electrons. The summed E-state index contributed by atoms with van der Waals surface area (Å²) in [5.74, 6) is -1.07. The van der Waals surface area contributed by atoms with Crippen LogP contribution in [0.3, 0.4) is 0 Å². The highest BCUT2D eigenvalue weighted by Gasteiger charge is 2.27. The molecule has 2 amide bonds. The summed E-state index contributed by atoms with van der Waals surface area (Å²) in [6, 6.07) is 7.69. The van der Waals surface area contributed by atoms with Crippen LogP contribution in [-0.2, 0) is 17.7 Å². The van der Waals surface area contributed by atoms with E-state index in [1.54, 1.807) is 23.1 Å². The Morgan fingerprint density at radius 2 is 2.00 bits per heavy atom. The van der Waals surface area contributed by atoms with Crippen LogP contribution >= 0.6 is 0 Å². The molecule has 1 saturated carbocycles. The van der Waals surface area contributed by atoms with E-state index < -0.39 is 11.7 Å². The maximum Gasteiger partial charge on any atom is 0.410 e. The number of unbranched alkanes of at least 4 members (excludes halogenated alkanes) is 1. The molecule has 4 rings (SSSR count). The largest absolute Gasteiger partial charge is 0.446 e. The van der Waals surface area contributed by atoms with Gasteiger partial charge in [-0.3, -0.25) is 10.2 Å². The SMILES string of the molecule is C=CC(=N)c1cccc(NC(=O)c2cc3c(cc2F)CCN(C(=O)OC2CCCC2)C3)n1.CCCCC(C)=N.[HH]. The zero-order valence-corrected chi connectivity index (χ0v) is 22.8. The third-order valence-corrected chi connectivity index (χ3v) is 6.75. The number of carbonyl (C=O) groups is 2. The first kappa shape index (κ1) is 29.7. The quantitative estimate of drug-likeness (QED) is 0.316. The van der Waals surface area contributed by atoms with Gasteiger partial charge in [0.1, 0.15) is 17.7 Å². The molecule has 0 saturated heterocycles. The van der Waals surface area contributed by atoms with E-state index in [4.69, 9.17) is 15.6 Å². The van der Waals surface area contributed by atoms with Crippen LogP contribution in [0.2, 0.25) is 0 Å². The standard InChI is InChI=1S/C24H25FN4O3.C6H13N.H2/c1-2-20(26)21-8-5-9-22(27-21)28-23(30)18-12-16-14-29(11-10-15(16)13-19(18)25)24(31)32-17-6-3-4-7-17;1-3-4-5-6(2)7;/h2,5,8-9,12-13,17,26H,1,3-4,6-7,10-11,14H2,(H,27,28,30);7H,3-5H2,1-2H3;1H. The van der Waals surface area contributed by atoms with E-state index in [-0.39, 0.29) is 37.3 Å². The molecule has 0 atom stereocenters. The Morgan fingerprint density at radius 3 is 2.64 bits per heavy atom. The van der Waals surface area contributed by atoms with Crippen molar-refractivity contribution in [2.45, 2.75) is 77.9 Å². The van der Waals surface area contributed by atoms with Crippen molar-refractivity contribution in [2.75, 3.05) is 11.9 Å². The summed E-state index contributed by atoms with van der Waals surface area (Å²) in [5, 5.41) is 17.4. The van der Waals surface area contributed by atoms with E-state index in [0.29, 0.717) is 18.7 Å². The van der Waals surface area contributed by atoms with Gasteiger partial charge in [0.25, 0.3) is 5.91 Å². The van der Waals surface area contributed by atoms with E-state index in [1.165, 1.54) is 31.1 Å². The number of amides is 2. The second-order valence-electron chi connectivity index (χ2n) is 9.93. The lowest BCUT2D eigenvalue weighted by Crippen LogP contribution is -2.38. The van der Waals surface area contributed by atoms with Gasteiger partial charge < -0.3 is 20.4 Å². The van der Waals surface area contributed by atoms with Crippen molar-refractivity contribution in [1.29, 1.82) is 10.8 Å². The van der Waals surface area contributed by atoms with Gasteiger partial charge in [0, 0.05) is 20.2 Å². The van der Waals surface area contributed by atoms with Crippen LogP contribution in [0.25, 0.3) is 0 Å². The number of hydrogen-bond acceptors (Lipinski definition) is 6. The maximum absolute atomic E-state index is 14.7. The number of halogens is 1. The molecule has 210 valence electrons. The van der Waals surface area contributed by atoms with Gasteiger partial charge >= 0.3 is 6.09 Å². The Bertz CT molecular complexity index is 1230. The number of fused-ring (bicyclic) bond motifs is 1. The third kappa shape index (κ3) is 8.56. The summed E-state index contributed by atoms with van der Waals surface area (Å²) in [7, 11) is 0. The van der Waals surface area contributed by atoms with E-state index in [1.807, 2.05) is 6.92 Å². The molecule has 3 N–H and O–H groups in total. The molecule has 0 unspecified atom stereocenters. The average Bonchev–Trinajstić information content (AvgIpc) is 3.44. The van der Waals surface area contributed by atoms with Crippen LogP contribution in [-0.4, -0.2) is 46.0 Å². The fourth-order valence-corrected chi connectivity index (χ4v) is 4.52. The van der Waals surface area contributed by atoms with E-state index in [2.05, 4.69) is 23.8 Å². The summed E-state index contributed by atoms with van der Waals surface area (Å²) >= 11 is 0.